The van der Waals surface area contributed by atoms with E-state index < -0.39 is 0 Å². The van der Waals surface area contributed by atoms with Crippen LogP contribution in [0.4, 0.5) is 0 Å². The van der Waals surface area contributed by atoms with E-state index in [0.717, 1.165) is 11.3 Å². The zero-order valence-corrected chi connectivity index (χ0v) is 15.1. The molecule has 0 N–H and O–H groups in total. The molecule has 0 spiro atoms. The second-order valence-electron chi connectivity index (χ2n) is 8.06. The molecule has 3 aliphatic rings. The SMILES string of the molecule is [O-][N+]1=C(c2ccccc2)/C(=C\c2ccccc2)C1(C1CCC1)C1CCC1. The van der Waals surface area contributed by atoms with Crippen LogP contribution in [0.5, 0.6) is 0 Å². The molecule has 2 aromatic carbocycles. The molecule has 1 heterocycles. The number of rotatable bonds is 4. The highest BCUT2D eigenvalue weighted by molar-refractivity contribution is 6.16. The van der Waals surface area contributed by atoms with Gasteiger partial charge in [-0.15, -0.1) is 0 Å². The quantitative estimate of drug-likeness (QED) is 0.537. The zero-order valence-electron chi connectivity index (χ0n) is 15.1. The van der Waals surface area contributed by atoms with Crippen LogP contribution in [0, 0.1) is 17.0 Å². The molecule has 26 heavy (non-hydrogen) atoms. The third kappa shape index (κ3) is 2.14. The van der Waals surface area contributed by atoms with E-state index in [-0.39, 0.29) is 5.54 Å². The van der Waals surface area contributed by atoms with Gasteiger partial charge in [-0.25, -0.2) is 0 Å². The van der Waals surface area contributed by atoms with Crippen LogP contribution in [0.3, 0.4) is 0 Å². The first-order chi connectivity index (χ1) is 12.8. The van der Waals surface area contributed by atoms with E-state index in [0.29, 0.717) is 11.8 Å². The maximum atomic E-state index is 13.6. The Balaban J connectivity index is 1.69. The van der Waals surface area contributed by atoms with Gasteiger partial charge in [0.15, 0.2) is 0 Å². The van der Waals surface area contributed by atoms with Crippen LogP contribution in [-0.2, 0) is 0 Å². The molecule has 0 aromatic heterocycles. The maximum absolute atomic E-state index is 13.6. The predicted molar refractivity (Wildman–Crippen MR) is 106 cm³/mol. The molecule has 0 bridgehead atoms. The summed E-state index contributed by atoms with van der Waals surface area (Å²) in [6, 6.07) is 20.7. The van der Waals surface area contributed by atoms with Gasteiger partial charge in [0.2, 0.25) is 11.3 Å². The first-order valence-electron chi connectivity index (χ1n) is 9.99. The lowest BCUT2D eigenvalue weighted by Crippen LogP contribution is -2.67. The van der Waals surface area contributed by atoms with Crippen LogP contribution in [0.15, 0.2) is 66.2 Å². The molecule has 132 valence electrons. The summed E-state index contributed by atoms with van der Waals surface area (Å²) in [6.07, 6.45) is 9.63. The highest BCUT2D eigenvalue weighted by atomic mass is 16.5. The lowest BCUT2D eigenvalue weighted by molar-refractivity contribution is -0.588. The number of nitrogens with zero attached hydrogens (tertiary/aromatic N) is 1. The van der Waals surface area contributed by atoms with Crippen molar-refractivity contribution in [2.75, 3.05) is 0 Å². The Hall–Kier alpha value is -2.35. The molecule has 2 fully saturated rings. The Morgan fingerprint density at radius 2 is 1.35 bits per heavy atom. The Morgan fingerprint density at radius 3 is 1.85 bits per heavy atom. The van der Waals surface area contributed by atoms with Gasteiger partial charge in [-0.1, -0.05) is 61.4 Å². The minimum Gasteiger partial charge on any atom is -0.623 e. The summed E-state index contributed by atoms with van der Waals surface area (Å²) in [4.78, 5) is 0. The molecular weight excluding hydrogens is 318 g/mol. The van der Waals surface area contributed by atoms with Crippen LogP contribution < -0.4 is 0 Å². The van der Waals surface area contributed by atoms with Gasteiger partial charge in [-0.05, 0) is 49.5 Å². The minimum absolute atomic E-state index is 0.280. The van der Waals surface area contributed by atoms with E-state index in [1.807, 2.05) is 18.2 Å². The van der Waals surface area contributed by atoms with Crippen molar-refractivity contribution < 1.29 is 4.74 Å². The van der Waals surface area contributed by atoms with Crippen LogP contribution in [0.2, 0.25) is 0 Å². The first-order valence-corrected chi connectivity index (χ1v) is 9.99. The average Bonchev–Trinajstić information content (AvgIpc) is 2.59. The number of benzene rings is 2. The zero-order chi connectivity index (χ0) is 17.6. The Kier molecular flexibility index (Phi) is 3.74. The summed E-state index contributed by atoms with van der Waals surface area (Å²) in [7, 11) is 0. The topological polar surface area (TPSA) is 26.1 Å². The summed E-state index contributed by atoms with van der Waals surface area (Å²) in [5, 5.41) is 13.6. The summed E-state index contributed by atoms with van der Waals surface area (Å²) in [5.41, 5.74) is 4.16. The first kappa shape index (κ1) is 15.9. The van der Waals surface area contributed by atoms with Crippen molar-refractivity contribution in [3.63, 3.8) is 0 Å². The third-order valence-electron chi connectivity index (χ3n) is 6.84. The summed E-state index contributed by atoms with van der Waals surface area (Å²) in [5.74, 6) is 1.04. The lowest BCUT2D eigenvalue weighted by Gasteiger charge is -2.55. The van der Waals surface area contributed by atoms with E-state index in [2.05, 4.69) is 48.5 Å². The molecule has 0 unspecified atom stereocenters. The fraction of sp³-hybridized carbons (Fsp3) is 0.375. The normalized spacial score (nSPS) is 24.1. The van der Waals surface area contributed by atoms with Gasteiger partial charge < -0.3 is 5.21 Å². The maximum Gasteiger partial charge on any atom is 0.229 e. The molecule has 0 radical (unpaired) electrons. The number of hydroxylamine groups is 1. The van der Waals surface area contributed by atoms with Gasteiger partial charge in [-0.3, -0.25) is 0 Å². The van der Waals surface area contributed by atoms with Crippen molar-refractivity contribution in [3.05, 3.63) is 82.6 Å². The molecule has 2 heteroatoms. The van der Waals surface area contributed by atoms with E-state index in [1.165, 1.54) is 54.4 Å². The predicted octanol–water partition coefficient (Wildman–Crippen LogP) is 5.42. The van der Waals surface area contributed by atoms with Crippen molar-refractivity contribution in [2.24, 2.45) is 11.8 Å². The second kappa shape index (κ2) is 6.12. The smallest absolute Gasteiger partial charge is 0.229 e. The van der Waals surface area contributed by atoms with Crippen LogP contribution in [-0.4, -0.2) is 16.0 Å². The van der Waals surface area contributed by atoms with Crippen LogP contribution in [0.25, 0.3) is 6.08 Å². The van der Waals surface area contributed by atoms with Gasteiger partial charge in [0.1, 0.15) is 0 Å². The lowest BCUT2D eigenvalue weighted by atomic mass is 9.53. The molecule has 2 nitrogen and oxygen atoms in total. The Labute approximate surface area is 155 Å². The van der Waals surface area contributed by atoms with Crippen molar-refractivity contribution in [1.82, 2.24) is 0 Å². The minimum atomic E-state index is -0.280. The van der Waals surface area contributed by atoms with E-state index in [9.17, 15) is 5.21 Å². The van der Waals surface area contributed by atoms with Gasteiger partial charge in [0, 0.05) is 17.4 Å². The molecule has 1 aliphatic heterocycles. The summed E-state index contributed by atoms with van der Waals surface area (Å²) < 4.78 is 1.42. The molecule has 2 saturated carbocycles. The molecule has 2 aromatic rings. The van der Waals surface area contributed by atoms with Crippen molar-refractivity contribution in [3.8, 4) is 0 Å². The summed E-state index contributed by atoms with van der Waals surface area (Å²) in [6.45, 7) is 0. The van der Waals surface area contributed by atoms with Gasteiger partial charge >= 0.3 is 0 Å². The monoisotopic (exact) mass is 343 g/mol. The third-order valence-corrected chi connectivity index (χ3v) is 6.84. The standard InChI is InChI=1S/C24H25NO/c26-25-23(19-11-5-2-6-12-19)22(17-18-9-3-1-4-10-18)24(25,20-13-7-14-20)21-15-8-16-21/h1-6,9-12,17,20-21H,7-8,13-16H2/b22-17+. The Bertz CT molecular complexity index is 844. The van der Waals surface area contributed by atoms with Gasteiger partial charge in [-0.2, -0.15) is 4.74 Å². The average molecular weight is 343 g/mol. The molecule has 0 atom stereocenters. The second-order valence-corrected chi connectivity index (χ2v) is 8.06. The van der Waals surface area contributed by atoms with Gasteiger partial charge in [0.05, 0.1) is 5.57 Å². The largest absolute Gasteiger partial charge is 0.623 e. The highest BCUT2D eigenvalue weighted by Crippen LogP contribution is 2.57. The van der Waals surface area contributed by atoms with Crippen molar-refractivity contribution >= 4 is 11.8 Å². The van der Waals surface area contributed by atoms with Crippen molar-refractivity contribution in [2.45, 2.75) is 44.1 Å². The molecule has 0 saturated heterocycles. The van der Waals surface area contributed by atoms with Crippen LogP contribution >= 0.6 is 0 Å². The number of hydrogen-bond donors (Lipinski definition) is 0. The molecular formula is C24H25NO. The fourth-order valence-electron chi connectivity index (χ4n) is 5.11. The highest BCUT2D eigenvalue weighted by Gasteiger charge is 2.67. The molecule has 0 amide bonds. The van der Waals surface area contributed by atoms with Crippen molar-refractivity contribution in [1.29, 1.82) is 0 Å². The van der Waals surface area contributed by atoms with E-state index in [1.54, 1.807) is 0 Å². The number of hydrogen-bond acceptors (Lipinski definition) is 1. The molecule has 5 rings (SSSR count). The molecule has 2 aliphatic carbocycles. The van der Waals surface area contributed by atoms with Crippen LogP contribution in [0.1, 0.15) is 49.7 Å². The fourth-order valence-corrected chi connectivity index (χ4v) is 5.11. The summed E-state index contributed by atoms with van der Waals surface area (Å²) >= 11 is 0. The van der Waals surface area contributed by atoms with E-state index >= 15 is 0 Å². The van der Waals surface area contributed by atoms with Gasteiger partial charge in [0.25, 0.3) is 0 Å². The van der Waals surface area contributed by atoms with E-state index in [4.69, 9.17) is 0 Å². The Morgan fingerprint density at radius 1 is 0.808 bits per heavy atom.